The van der Waals surface area contributed by atoms with Gasteiger partial charge < -0.3 is 10.6 Å². The van der Waals surface area contributed by atoms with Gasteiger partial charge in [-0.3, -0.25) is 4.79 Å². The molecule has 2 atom stereocenters. The highest BCUT2D eigenvalue weighted by Gasteiger charge is 2.26. The number of piperidine rings is 1. The minimum atomic E-state index is 0.210. The van der Waals surface area contributed by atoms with Crippen LogP contribution in [-0.4, -0.2) is 30.4 Å². The molecule has 0 radical (unpaired) electrons. The molecule has 1 heterocycles. The summed E-state index contributed by atoms with van der Waals surface area (Å²) in [5.41, 5.74) is 5.73. The summed E-state index contributed by atoms with van der Waals surface area (Å²) in [7, 11) is 0. The van der Waals surface area contributed by atoms with E-state index in [0.717, 1.165) is 32.5 Å². The lowest BCUT2D eigenvalue weighted by atomic mass is 9.84. The molecule has 14 heavy (non-hydrogen) atoms. The summed E-state index contributed by atoms with van der Waals surface area (Å²) < 4.78 is 0. The Labute approximate surface area is 86.6 Å². The average Bonchev–Trinajstić information content (AvgIpc) is 2.20. The molecule has 0 aliphatic carbocycles. The third-order valence-corrected chi connectivity index (χ3v) is 3.40. The molecule has 0 bridgehead atoms. The minimum Gasteiger partial charge on any atom is -0.343 e. The van der Waals surface area contributed by atoms with Crippen molar-refractivity contribution in [1.82, 2.24) is 4.90 Å². The summed E-state index contributed by atoms with van der Waals surface area (Å²) in [4.78, 5) is 13.2. The van der Waals surface area contributed by atoms with E-state index in [-0.39, 0.29) is 5.91 Å². The first kappa shape index (κ1) is 11.5. The molecule has 1 saturated heterocycles. The summed E-state index contributed by atoms with van der Waals surface area (Å²) in [6.07, 6.45) is 3.51. The molecule has 0 saturated carbocycles. The number of nitrogens with zero attached hydrogens (tertiary/aromatic N) is 1. The average molecular weight is 198 g/mol. The first-order valence-electron chi connectivity index (χ1n) is 5.64. The highest BCUT2D eigenvalue weighted by Crippen LogP contribution is 2.25. The van der Waals surface area contributed by atoms with Gasteiger partial charge in [-0.2, -0.15) is 0 Å². The van der Waals surface area contributed by atoms with Crippen LogP contribution in [-0.2, 0) is 4.79 Å². The zero-order chi connectivity index (χ0) is 10.6. The van der Waals surface area contributed by atoms with E-state index in [1.54, 1.807) is 6.92 Å². The van der Waals surface area contributed by atoms with Gasteiger partial charge in [0.25, 0.3) is 0 Å². The molecular weight excluding hydrogens is 176 g/mol. The zero-order valence-corrected chi connectivity index (χ0v) is 9.33. The van der Waals surface area contributed by atoms with Crippen molar-refractivity contribution >= 4 is 5.91 Å². The fraction of sp³-hybridized carbons (Fsp3) is 0.909. The second-order valence-corrected chi connectivity index (χ2v) is 4.27. The number of amides is 1. The van der Waals surface area contributed by atoms with Crippen molar-refractivity contribution in [3.05, 3.63) is 0 Å². The predicted octanol–water partition coefficient (Wildman–Crippen LogP) is 1.23. The van der Waals surface area contributed by atoms with Crippen LogP contribution in [0.3, 0.4) is 0 Å². The molecule has 3 nitrogen and oxygen atoms in total. The van der Waals surface area contributed by atoms with Gasteiger partial charge in [-0.1, -0.05) is 13.3 Å². The molecule has 0 spiro atoms. The maximum atomic E-state index is 11.2. The third kappa shape index (κ3) is 2.71. The maximum absolute atomic E-state index is 11.2. The van der Waals surface area contributed by atoms with Crippen molar-refractivity contribution in [1.29, 1.82) is 0 Å². The van der Waals surface area contributed by atoms with Crippen molar-refractivity contribution < 1.29 is 4.79 Å². The van der Waals surface area contributed by atoms with Gasteiger partial charge in [0, 0.05) is 20.0 Å². The summed E-state index contributed by atoms with van der Waals surface area (Å²) in [5, 5.41) is 0. The Kier molecular flexibility index (Phi) is 4.39. The highest BCUT2D eigenvalue weighted by molar-refractivity contribution is 5.73. The SMILES string of the molecule is CCC(CN)C1CCCN(C(C)=O)C1. The lowest BCUT2D eigenvalue weighted by Gasteiger charge is -2.35. The van der Waals surface area contributed by atoms with Crippen LogP contribution in [0.1, 0.15) is 33.1 Å². The maximum Gasteiger partial charge on any atom is 0.219 e. The van der Waals surface area contributed by atoms with E-state index in [9.17, 15) is 4.79 Å². The monoisotopic (exact) mass is 198 g/mol. The summed E-state index contributed by atoms with van der Waals surface area (Å²) in [6, 6.07) is 0. The molecule has 1 rings (SSSR count). The van der Waals surface area contributed by atoms with Crippen molar-refractivity contribution in [2.24, 2.45) is 17.6 Å². The quantitative estimate of drug-likeness (QED) is 0.741. The van der Waals surface area contributed by atoms with Crippen molar-refractivity contribution in [3.8, 4) is 0 Å². The largest absolute Gasteiger partial charge is 0.343 e. The second-order valence-electron chi connectivity index (χ2n) is 4.27. The third-order valence-electron chi connectivity index (χ3n) is 3.40. The van der Waals surface area contributed by atoms with E-state index in [4.69, 9.17) is 5.73 Å². The molecule has 0 aromatic rings. The molecule has 82 valence electrons. The molecule has 2 N–H and O–H groups in total. The van der Waals surface area contributed by atoms with Gasteiger partial charge in [-0.15, -0.1) is 0 Å². The molecule has 1 amide bonds. The van der Waals surface area contributed by atoms with E-state index >= 15 is 0 Å². The zero-order valence-electron chi connectivity index (χ0n) is 9.33. The number of hydrogen-bond donors (Lipinski definition) is 1. The Morgan fingerprint density at radius 2 is 2.36 bits per heavy atom. The van der Waals surface area contributed by atoms with Gasteiger partial charge in [0.05, 0.1) is 0 Å². The van der Waals surface area contributed by atoms with E-state index in [2.05, 4.69) is 6.92 Å². The van der Waals surface area contributed by atoms with Crippen molar-refractivity contribution in [2.75, 3.05) is 19.6 Å². The van der Waals surface area contributed by atoms with Gasteiger partial charge in [-0.05, 0) is 31.2 Å². The number of carbonyl (C=O) groups excluding carboxylic acids is 1. The molecule has 3 heteroatoms. The topological polar surface area (TPSA) is 46.3 Å². The molecule has 1 aliphatic heterocycles. The Bertz CT molecular complexity index is 190. The molecule has 0 aromatic carbocycles. The normalized spacial score (nSPS) is 24.8. The van der Waals surface area contributed by atoms with Crippen LogP contribution in [0, 0.1) is 11.8 Å². The van der Waals surface area contributed by atoms with Crippen LogP contribution in [0.4, 0.5) is 0 Å². The summed E-state index contributed by atoms with van der Waals surface area (Å²) in [6.45, 7) is 6.46. The van der Waals surface area contributed by atoms with Crippen LogP contribution in [0.25, 0.3) is 0 Å². The number of carbonyl (C=O) groups is 1. The molecule has 1 aliphatic rings. The number of rotatable bonds is 3. The molecule has 2 unspecified atom stereocenters. The fourth-order valence-electron chi connectivity index (χ4n) is 2.37. The summed E-state index contributed by atoms with van der Waals surface area (Å²) >= 11 is 0. The van der Waals surface area contributed by atoms with Crippen molar-refractivity contribution in [3.63, 3.8) is 0 Å². The standard InChI is InChI=1S/C11H22N2O/c1-3-10(7-12)11-5-4-6-13(8-11)9(2)14/h10-11H,3-8,12H2,1-2H3. The summed E-state index contributed by atoms with van der Waals surface area (Å²) in [5.74, 6) is 1.43. The lowest BCUT2D eigenvalue weighted by molar-refractivity contribution is -0.131. The number of hydrogen-bond acceptors (Lipinski definition) is 2. The Hall–Kier alpha value is -0.570. The van der Waals surface area contributed by atoms with Gasteiger partial charge in [0.1, 0.15) is 0 Å². The molecule has 0 aromatic heterocycles. The Morgan fingerprint density at radius 3 is 2.86 bits per heavy atom. The van der Waals surface area contributed by atoms with Gasteiger partial charge in [0.2, 0.25) is 5.91 Å². The van der Waals surface area contributed by atoms with Gasteiger partial charge in [-0.25, -0.2) is 0 Å². The Balaban J connectivity index is 2.50. The van der Waals surface area contributed by atoms with Gasteiger partial charge in [0.15, 0.2) is 0 Å². The predicted molar refractivity (Wildman–Crippen MR) is 57.8 cm³/mol. The number of nitrogens with two attached hydrogens (primary N) is 1. The van der Waals surface area contributed by atoms with Crippen LogP contribution >= 0.6 is 0 Å². The van der Waals surface area contributed by atoms with Gasteiger partial charge >= 0.3 is 0 Å². The fourth-order valence-corrected chi connectivity index (χ4v) is 2.37. The van der Waals surface area contributed by atoms with E-state index in [1.807, 2.05) is 4.90 Å². The van der Waals surface area contributed by atoms with Crippen LogP contribution in [0.5, 0.6) is 0 Å². The lowest BCUT2D eigenvalue weighted by Crippen LogP contribution is -2.42. The smallest absolute Gasteiger partial charge is 0.219 e. The Morgan fingerprint density at radius 1 is 1.64 bits per heavy atom. The first-order valence-corrected chi connectivity index (χ1v) is 5.64. The molecular formula is C11H22N2O. The molecule has 1 fully saturated rings. The van der Waals surface area contributed by atoms with E-state index < -0.39 is 0 Å². The first-order chi connectivity index (χ1) is 6.69. The van der Waals surface area contributed by atoms with Crippen LogP contribution in [0.2, 0.25) is 0 Å². The van der Waals surface area contributed by atoms with Crippen molar-refractivity contribution in [2.45, 2.75) is 33.1 Å². The number of likely N-dealkylation sites (tertiary alicyclic amines) is 1. The minimum absolute atomic E-state index is 0.210. The van der Waals surface area contributed by atoms with E-state index in [0.29, 0.717) is 11.8 Å². The highest BCUT2D eigenvalue weighted by atomic mass is 16.2. The van der Waals surface area contributed by atoms with Crippen LogP contribution in [0.15, 0.2) is 0 Å². The van der Waals surface area contributed by atoms with E-state index in [1.165, 1.54) is 6.42 Å². The van der Waals surface area contributed by atoms with Crippen LogP contribution < -0.4 is 5.73 Å². The second kappa shape index (κ2) is 5.35.